The lowest BCUT2D eigenvalue weighted by Crippen LogP contribution is -2.12. The van der Waals surface area contributed by atoms with Crippen LogP contribution in [-0.2, 0) is 0 Å². The smallest absolute Gasteiger partial charge is 0.131 e. The standard InChI is InChI=1S/C15H17FN2/c1-10-9-18-7-6-13(10)14-8-12(11(2)17-3)4-5-15(14)16/h4-9,11,17H,1-3H3. The molecule has 0 amide bonds. The van der Waals surface area contributed by atoms with Crippen molar-refractivity contribution in [1.82, 2.24) is 10.3 Å². The van der Waals surface area contributed by atoms with E-state index in [1.807, 2.05) is 32.2 Å². The maximum absolute atomic E-state index is 14.0. The lowest BCUT2D eigenvalue weighted by molar-refractivity contribution is 0.622. The van der Waals surface area contributed by atoms with Crippen molar-refractivity contribution in [3.05, 3.63) is 53.6 Å². The molecule has 0 aliphatic carbocycles. The average molecular weight is 244 g/mol. The number of aryl methyl sites for hydroxylation is 1. The van der Waals surface area contributed by atoms with Gasteiger partial charge in [-0.1, -0.05) is 6.07 Å². The van der Waals surface area contributed by atoms with Crippen LogP contribution in [0.5, 0.6) is 0 Å². The number of halogens is 1. The maximum Gasteiger partial charge on any atom is 0.131 e. The van der Waals surface area contributed by atoms with Crippen LogP contribution in [0.25, 0.3) is 11.1 Å². The predicted octanol–water partition coefficient (Wildman–Crippen LogP) is 3.48. The third-order valence-electron chi connectivity index (χ3n) is 3.23. The first kappa shape index (κ1) is 12.7. The zero-order valence-corrected chi connectivity index (χ0v) is 10.9. The van der Waals surface area contributed by atoms with E-state index in [2.05, 4.69) is 17.2 Å². The van der Waals surface area contributed by atoms with Gasteiger partial charge in [0.1, 0.15) is 5.82 Å². The molecule has 18 heavy (non-hydrogen) atoms. The van der Waals surface area contributed by atoms with Gasteiger partial charge in [-0.2, -0.15) is 0 Å². The van der Waals surface area contributed by atoms with E-state index < -0.39 is 0 Å². The van der Waals surface area contributed by atoms with Crippen LogP contribution in [0.1, 0.15) is 24.1 Å². The van der Waals surface area contributed by atoms with Crippen LogP contribution < -0.4 is 5.32 Å². The molecule has 1 aromatic carbocycles. The molecule has 1 N–H and O–H groups in total. The van der Waals surface area contributed by atoms with Crippen molar-refractivity contribution >= 4 is 0 Å². The molecule has 1 aromatic heterocycles. The summed E-state index contributed by atoms with van der Waals surface area (Å²) in [5.41, 5.74) is 3.58. The summed E-state index contributed by atoms with van der Waals surface area (Å²) in [5.74, 6) is -0.198. The highest BCUT2D eigenvalue weighted by Gasteiger charge is 2.11. The number of aromatic nitrogens is 1. The maximum atomic E-state index is 14.0. The molecule has 1 heterocycles. The molecule has 2 rings (SSSR count). The summed E-state index contributed by atoms with van der Waals surface area (Å²) in [6.07, 6.45) is 3.44. The molecular weight excluding hydrogens is 227 g/mol. The lowest BCUT2D eigenvalue weighted by atomic mass is 9.98. The largest absolute Gasteiger partial charge is 0.313 e. The van der Waals surface area contributed by atoms with E-state index in [1.165, 1.54) is 6.07 Å². The molecule has 94 valence electrons. The quantitative estimate of drug-likeness (QED) is 0.894. The molecule has 2 nitrogen and oxygen atoms in total. The zero-order chi connectivity index (χ0) is 13.1. The van der Waals surface area contributed by atoms with Gasteiger partial charge >= 0.3 is 0 Å². The molecule has 0 radical (unpaired) electrons. The van der Waals surface area contributed by atoms with Gasteiger partial charge in [0.05, 0.1) is 0 Å². The third kappa shape index (κ3) is 2.41. The van der Waals surface area contributed by atoms with Gasteiger partial charge in [-0.05, 0) is 55.8 Å². The number of nitrogens with one attached hydrogen (secondary N) is 1. The Morgan fingerprint density at radius 3 is 2.67 bits per heavy atom. The monoisotopic (exact) mass is 244 g/mol. The molecule has 0 aliphatic heterocycles. The van der Waals surface area contributed by atoms with Gasteiger partial charge in [0.15, 0.2) is 0 Å². The summed E-state index contributed by atoms with van der Waals surface area (Å²) in [5, 5.41) is 3.16. The first-order valence-corrected chi connectivity index (χ1v) is 6.01. The van der Waals surface area contributed by atoms with E-state index in [0.29, 0.717) is 5.56 Å². The molecule has 0 saturated heterocycles. The second-order valence-corrected chi connectivity index (χ2v) is 4.44. The number of pyridine rings is 1. The fourth-order valence-corrected chi connectivity index (χ4v) is 1.96. The van der Waals surface area contributed by atoms with Crippen LogP contribution in [0, 0.1) is 12.7 Å². The second kappa shape index (κ2) is 5.27. The molecule has 0 aliphatic rings. The van der Waals surface area contributed by atoms with Crippen molar-refractivity contribution in [3.63, 3.8) is 0 Å². The molecule has 1 unspecified atom stereocenters. The number of hydrogen-bond acceptors (Lipinski definition) is 2. The van der Waals surface area contributed by atoms with E-state index in [9.17, 15) is 4.39 Å². The van der Waals surface area contributed by atoms with Crippen LogP contribution in [0.3, 0.4) is 0 Å². The van der Waals surface area contributed by atoms with E-state index in [1.54, 1.807) is 12.4 Å². The van der Waals surface area contributed by atoms with Gasteiger partial charge in [-0.15, -0.1) is 0 Å². The summed E-state index contributed by atoms with van der Waals surface area (Å²) < 4.78 is 14.0. The Balaban J connectivity index is 2.54. The van der Waals surface area contributed by atoms with Gasteiger partial charge in [0, 0.05) is 24.0 Å². The normalized spacial score (nSPS) is 12.4. The Morgan fingerprint density at radius 1 is 1.22 bits per heavy atom. The number of rotatable bonds is 3. The highest BCUT2D eigenvalue weighted by molar-refractivity contribution is 5.67. The van der Waals surface area contributed by atoms with E-state index >= 15 is 0 Å². The van der Waals surface area contributed by atoms with Crippen molar-refractivity contribution < 1.29 is 4.39 Å². The van der Waals surface area contributed by atoms with Crippen molar-refractivity contribution in [2.45, 2.75) is 19.9 Å². The summed E-state index contributed by atoms with van der Waals surface area (Å²) in [6.45, 7) is 3.99. The van der Waals surface area contributed by atoms with Gasteiger partial charge in [-0.3, -0.25) is 4.98 Å². The lowest BCUT2D eigenvalue weighted by Gasteiger charge is -2.14. The van der Waals surface area contributed by atoms with E-state index in [0.717, 1.165) is 16.7 Å². The topological polar surface area (TPSA) is 24.9 Å². The average Bonchev–Trinajstić information content (AvgIpc) is 2.39. The Morgan fingerprint density at radius 2 is 2.00 bits per heavy atom. The fraction of sp³-hybridized carbons (Fsp3) is 0.267. The minimum Gasteiger partial charge on any atom is -0.313 e. The van der Waals surface area contributed by atoms with E-state index in [-0.39, 0.29) is 11.9 Å². The fourth-order valence-electron chi connectivity index (χ4n) is 1.96. The highest BCUT2D eigenvalue weighted by Crippen LogP contribution is 2.28. The second-order valence-electron chi connectivity index (χ2n) is 4.44. The Kier molecular flexibility index (Phi) is 3.72. The van der Waals surface area contributed by atoms with Crippen LogP contribution >= 0.6 is 0 Å². The van der Waals surface area contributed by atoms with Crippen LogP contribution in [-0.4, -0.2) is 12.0 Å². The Bertz CT molecular complexity index is 552. The van der Waals surface area contributed by atoms with Gasteiger partial charge in [0.25, 0.3) is 0 Å². The van der Waals surface area contributed by atoms with Gasteiger partial charge < -0.3 is 5.32 Å². The van der Waals surface area contributed by atoms with Crippen LogP contribution in [0.2, 0.25) is 0 Å². The zero-order valence-electron chi connectivity index (χ0n) is 10.9. The van der Waals surface area contributed by atoms with Crippen LogP contribution in [0.15, 0.2) is 36.7 Å². The molecule has 0 bridgehead atoms. The van der Waals surface area contributed by atoms with Gasteiger partial charge in [0.2, 0.25) is 0 Å². The summed E-state index contributed by atoms with van der Waals surface area (Å²) in [7, 11) is 1.89. The molecule has 0 fully saturated rings. The summed E-state index contributed by atoms with van der Waals surface area (Å²) in [6, 6.07) is 7.29. The first-order chi connectivity index (χ1) is 8.63. The molecule has 2 aromatic rings. The summed E-state index contributed by atoms with van der Waals surface area (Å²) >= 11 is 0. The van der Waals surface area contributed by atoms with E-state index in [4.69, 9.17) is 0 Å². The molecule has 0 saturated carbocycles. The van der Waals surface area contributed by atoms with Crippen molar-refractivity contribution in [2.24, 2.45) is 0 Å². The molecular formula is C15H17FN2. The molecule has 3 heteroatoms. The Hall–Kier alpha value is -1.74. The number of hydrogen-bond donors (Lipinski definition) is 1. The minimum atomic E-state index is -0.198. The van der Waals surface area contributed by atoms with Crippen molar-refractivity contribution in [1.29, 1.82) is 0 Å². The molecule has 1 atom stereocenters. The first-order valence-electron chi connectivity index (χ1n) is 6.01. The summed E-state index contributed by atoms with van der Waals surface area (Å²) in [4.78, 5) is 4.04. The highest BCUT2D eigenvalue weighted by atomic mass is 19.1. The number of nitrogens with zero attached hydrogens (tertiary/aromatic N) is 1. The predicted molar refractivity (Wildman–Crippen MR) is 71.8 cm³/mol. The van der Waals surface area contributed by atoms with Crippen LogP contribution in [0.4, 0.5) is 4.39 Å². The van der Waals surface area contributed by atoms with Crippen molar-refractivity contribution in [2.75, 3.05) is 7.05 Å². The Labute approximate surface area is 107 Å². The molecule has 0 spiro atoms. The van der Waals surface area contributed by atoms with Crippen molar-refractivity contribution in [3.8, 4) is 11.1 Å². The van der Waals surface area contributed by atoms with Gasteiger partial charge in [-0.25, -0.2) is 4.39 Å². The minimum absolute atomic E-state index is 0.198. The third-order valence-corrected chi connectivity index (χ3v) is 3.23. The number of benzene rings is 1. The SMILES string of the molecule is CNC(C)c1ccc(F)c(-c2ccncc2C)c1.